The highest BCUT2D eigenvalue weighted by atomic mass is 35.5. The van der Waals surface area contributed by atoms with Crippen molar-refractivity contribution >= 4 is 40.7 Å². The average Bonchev–Trinajstić information content (AvgIpc) is 2.59. The van der Waals surface area contributed by atoms with E-state index in [2.05, 4.69) is 24.5 Å². The van der Waals surface area contributed by atoms with Crippen molar-refractivity contribution in [3.8, 4) is 0 Å². The van der Waals surface area contributed by atoms with Crippen LogP contribution in [0.2, 0.25) is 10.0 Å². The molecule has 0 bridgehead atoms. The van der Waals surface area contributed by atoms with E-state index in [4.69, 9.17) is 27.9 Å². The van der Waals surface area contributed by atoms with Gasteiger partial charge in [-0.25, -0.2) is 0 Å². The summed E-state index contributed by atoms with van der Waals surface area (Å²) < 4.78 is 5.15. The van der Waals surface area contributed by atoms with Gasteiger partial charge in [-0.15, -0.1) is 0 Å². The van der Waals surface area contributed by atoms with Crippen LogP contribution in [0.15, 0.2) is 18.2 Å². The van der Waals surface area contributed by atoms with Gasteiger partial charge in [0.1, 0.15) is 13.2 Å². The van der Waals surface area contributed by atoms with E-state index in [1.165, 1.54) is 0 Å². The van der Waals surface area contributed by atoms with E-state index in [1.807, 2.05) is 0 Å². The molecule has 25 heavy (non-hydrogen) atoms. The maximum Gasteiger partial charge on any atom is 0.250 e. The van der Waals surface area contributed by atoms with E-state index in [0.717, 1.165) is 25.7 Å². The molecule has 0 aromatic heterocycles. The summed E-state index contributed by atoms with van der Waals surface area (Å²) in [5.74, 6) is -0.132. The highest BCUT2D eigenvalue weighted by Gasteiger charge is 2.11. The Balaban J connectivity index is 2.26. The third kappa shape index (κ3) is 8.56. The molecule has 0 spiro atoms. The predicted octanol–water partition coefficient (Wildman–Crippen LogP) is 4.28. The molecule has 1 rings (SSSR count). The Kier molecular flexibility index (Phi) is 10.5. The van der Waals surface area contributed by atoms with Crippen molar-refractivity contribution in [1.29, 1.82) is 0 Å². The molecular formula is C18H26Cl2N2O3. The topological polar surface area (TPSA) is 67.4 Å². The number of carbonyl (C=O) groups is 2. The van der Waals surface area contributed by atoms with Crippen LogP contribution in [0.1, 0.15) is 39.5 Å². The lowest BCUT2D eigenvalue weighted by atomic mass is 9.99. The molecule has 0 aliphatic heterocycles. The molecule has 0 heterocycles. The van der Waals surface area contributed by atoms with Crippen molar-refractivity contribution in [2.45, 2.75) is 39.5 Å². The second kappa shape index (κ2) is 12.1. The molecule has 2 amide bonds. The molecule has 2 N–H and O–H groups in total. The van der Waals surface area contributed by atoms with E-state index >= 15 is 0 Å². The number of amides is 2. The molecule has 1 atom stereocenters. The van der Waals surface area contributed by atoms with E-state index in [-0.39, 0.29) is 24.1 Å². The van der Waals surface area contributed by atoms with Gasteiger partial charge >= 0.3 is 0 Å². The summed E-state index contributed by atoms with van der Waals surface area (Å²) in [6, 6.07) is 4.95. The second-order valence-corrected chi connectivity index (χ2v) is 6.65. The first-order valence-corrected chi connectivity index (χ1v) is 9.31. The third-order valence-electron chi connectivity index (χ3n) is 3.82. The van der Waals surface area contributed by atoms with Gasteiger partial charge in [-0.05, 0) is 24.5 Å². The zero-order valence-corrected chi connectivity index (χ0v) is 16.3. The number of rotatable bonds is 11. The first-order chi connectivity index (χ1) is 12.0. The normalized spacial score (nSPS) is 11.8. The molecule has 0 aliphatic carbocycles. The van der Waals surface area contributed by atoms with Crippen molar-refractivity contribution in [3.05, 3.63) is 28.2 Å². The molecule has 0 aliphatic rings. The summed E-state index contributed by atoms with van der Waals surface area (Å²) in [6.45, 7) is 4.53. The lowest BCUT2D eigenvalue weighted by Gasteiger charge is -2.15. The molecular weight excluding hydrogens is 363 g/mol. The van der Waals surface area contributed by atoms with Gasteiger partial charge in [0, 0.05) is 6.54 Å². The summed E-state index contributed by atoms with van der Waals surface area (Å²) in [5.41, 5.74) is 0.411. The summed E-state index contributed by atoms with van der Waals surface area (Å²) in [5, 5.41) is 6.07. The Bertz CT molecular complexity index is 567. The van der Waals surface area contributed by atoms with Crippen LogP contribution in [0.25, 0.3) is 0 Å². The molecule has 0 fully saturated rings. The minimum atomic E-state index is -0.397. The number of hydrogen-bond acceptors (Lipinski definition) is 3. The number of hydrogen-bond donors (Lipinski definition) is 2. The molecule has 1 aromatic rings. The number of carbonyl (C=O) groups excluding carboxylic acids is 2. The third-order valence-corrected chi connectivity index (χ3v) is 4.64. The number of unbranched alkanes of at least 4 members (excludes halogenated alkanes) is 1. The number of halogens is 2. The van der Waals surface area contributed by atoms with Crippen molar-refractivity contribution < 1.29 is 14.3 Å². The fraction of sp³-hybridized carbons (Fsp3) is 0.556. The number of benzene rings is 1. The highest BCUT2D eigenvalue weighted by Crippen LogP contribution is 2.29. The van der Waals surface area contributed by atoms with Crippen LogP contribution in [0.3, 0.4) is 0 Å². The summed E-state index contributed by atoms with van der Waals surface area (Å²) in [6.07, 6.45) is 4.46. The van der Waals surface area contributed by atoms with Crippen molar-refractivity contribution in [3.63, 3.8) is 0 Å². The molecule has 0 saturated heterocycles. The van der Waals surface area contributed by atoms with E-state index in [1.54, 1.807) is 18.2 Å². The molecule has 0 radical (unpaired) electrons. The maximum absolute atomic E-state index is 11.8. The van der Waals surface area contributed by atoms with Gasteiger partial charge in [-0.1, -0.05) is 62.4 Å². The van der Waals surface area contributed by atoms with Crippen molar-refractivity contribution in [2.24, 2.45) is 5.92 Å². The summed E-state index contributed by atoms with van der Waals surface area (Å²) >= 11 is 11.9. The van der Waals surface area contributed by atoms with Crippen LogP contribution in [0.5, 0.6) is 0 Å². The van der Waals surface area contributed by atoms with Gasteiger partial charge in [0.05, 0.1) is 15.7 Å². The van der Waals surface area contributed by atoms with Gasteiger partial charge in [0.2, 0.25) is 11.8 Å². The Morgan fingerprint density at radius 1 is 1.16 bits per heavy atom. The standard InChI is InChI=1S/C18H26Cl2N2O3/c1-3-5-7-13(4-2)10-21-16(23)11-25-12-17(24)22-15-9-6-8-14(19)18(15)20/h6,8-9,13H,3-5,7,10-12H2,1-2H3,(H,21,23)(H,22,24). The monoisotopic (exact) mass is 388 g/mol. The lowest BCUT2D eigenvalue weighted by Crippen LogP contribution is -2.33. The van der Waals surface area contributed by atoms with Gasteiger partial charge < -0.3 is 15.4 Å². The highest BCUT2D eigenvalue weighted by molar-refractivity contribution is 6.43. The van der Waals surface area contributed by atoms with Gasteiger partial charge in [-0.3, -0.25) is 9.59 Å². The summed E-state index contributed by atoms with van der Waals surface area (Å²) in [7, 11) is 0. The van der Waals surface area contributed by atoms with Gasteiger partial charge in [0.25, 0.3) is 0 Å². The van der Waals surface area contributed by atoms with Crippen LogP contribution in [0, 0.1) is 5.92 Å². The SMILES string of the molecule is CCCCC(CC)CNC(=O)COCC(=O)Nc1cccc(Cl)c1Cl. The van der Waals surface area contributed by atoms with Crippen LogP contribution in [-0.4, -0.2) is 31.6 Å². The van der Waals surface area contributed by atoms with Crippen LogP contribution in [0.4, 0.5) is 5.69 Å². The molecule has 7 heteroatoms. The predicted molar refractivity (Wildman–Crippen MR) is 102 cm³/mol. The molecule has 1 aromatic carbocycles. The number of nitrogens with one attached hydrogen (secondary N) is 2. The number of anilines is 1. The smallest absolute Gasteiger partial charge is 0.250 e. The fourth-order valence-electron chi connectivity index (χ4n) is 2.28. The van der Waals surface area contributed by atoms with Crippen LogP contribution >= 0.6 is 23.2 Å². The Morgan fingerprint density at radius 3 is 2.56 bits per heavy atom. The fourth-order valence-corrected chi connectivity index (χ4v) is 2.62. The average molecular weight is 389 g/mol. The van der Waals surface area contributed by atoms with Gasteiger partial charge in [0.15, 0.2) is 0 Å². The van der Waals surface area contributed by atoms with Crippen molar-refractivity contribution in [1.82, 2.24) is 5.32 Å². The largest absolute Gasteiger partial charge is 0.362 e. The minimum Gasteiger partial charge on any atom is -0.362 e. The van der Waals surface area contributed by atoms with Gasteiger partial charge in [-0.2, -0.15) is 0 Å². The first kappa shape index (κ1) is 21.7. The Labute approximate surface area is 159 Å². The van der Waals surface area contributed by atoms with E-state index in [0.29, 0.717) is 23.2 Å². The lowest BCUT2D eigenvalue weighted by molar-refractivity contribution is -0.128. The Morgan fingerprint density at radius 2 is 1.88 bits per heavy atom. The second-order valence-electron chi connectivity index (χ2n) is 5.86. The summed E-state index contributed by atoms with van der Waals surface area (Å²) in [4.78, 5) is 23.6. The zero-order chi connectivity index (χ0) is 18.7. The van der Waals surface area contributed by atoms with E-state index < -0.39 is 5.91 Å². The molecule has 140 valence electrons. The molecule has 0 saturated carbocycles. The zero-order valence-electron chi connectivity index (χ0n) is 14.7. The van der Waals surface area contributed by atoms with Crippen LogP contribution < -0.4 is 10.6 Å². The number of ether oxygens (including phenoxy) is 1. The maximum atomic E-state index is 11.8. The Hall–Kier alpha value is -1.30. The molecule has 5 nitrogen and oxygen atoms in total. The quantitative estimate of drug-likeness (QED) is 0.594. The van der Waals surface area contributed by atoms with Crippen LogP contribution in [-0.2, 0) is 14.3 Å². The molecule has 1 unspecified atom stereocenters. The minimum absolute atomic E-state index is 0.152. The first-order valence-electron chi connectivity index (χ1n) is 8.56. The van der Waals surface area contributed by atoms with E-state index in [9.17, 15) is 9.59 Å². The van der Waals surface area contributed by atoms with Crippen molar-refractivity contribution in [2.75, 3.05) is 25.1 Å².